The molecule has 0 aromatic heterocycles. The molecule has 9 nitrogen and oxygen atoms in total. The summed E-state index contributed by atoms with van der Waals surface area (Å²) < 4.78 is 9.34. The van der Waals surface area contributed by atoms with E-state index in [0.29, 0.717) is 0 Å². The maximum Gasteiger partial charge on any atom is 0.337 e. The molecule has 1 saturated heterocycles. The maximum absolute atomic E-state index is 12.3. The van der Waals surface area contributed by atoms with Crippen LogP contribution in [0.2, 0.25) is 0 Å². The SMILES string of the molecule is COC(=O)c1cc(NC(=O)CN(C)CC(=O)N2CCCC2)cc(C(=O)OC)c1. The Bertz CT molecular complexity index is 724. The number of benzene rings is 1. The van der Waals surface area contributed by atoms with Crippen LogP contribution in [0.25, 0.3) is 0 Å². The number of nitrogens with one attached hydrogen (secondary N) is 1. The van der Waals surface area contributed by atoms with Crippen LogP contribution in [0.3, 0.4) is 0 Å². The number of likely N-dealkylation sites (tertiary alicyclic amines) is 1. The molecule has 1 aromatic carbocycles. The second-order valence-corrected chi connectivity index (χ2v) is 6.59. The fourth-order valence-corrected chi connectivity index (χ4v) is 2.97. The van der Waals surface area contributed by atoms with Gasteiger partial charge in [-0.2, -0.15) is 0 Å². The number of hydrogen-bond acceptors (Lipinski definition) is 7. The zero-order valence-corrected chi connectivity index (χ0v) is 16.3. The van der Waals surface area contributed by atoms with Crippen LogP contribution in [0.1, 0.15) is 33.6 Å². The monoisotopic (exact) mass is 391 g/mol. The van der Waals surface area contributed by atoms with Crippen molar-refractivity contribution in [2.45, 2.75) is 12.8 Å². The van der Waals surface area contributed by atoms with Crippen LogP contribution in [-0.2, 0) is 19.1 Å². The standard InChI is InChI=1S/C19H25N3O6/c1-21(12-17(24)22-6-4-5-7-22)11-16(23)20-15-9-13(18(25)27-2)8-14(10-15)19(26)28-3/h8-10H,4-7,11-12H2,1-3H3,(H,20,23). The molecular formula is C19H25N3O6. The Kier molecular flexibility index (Phi) is 7.51. The Balaban J connectivity index is 2.02. The lowest BCUT2D eigenvalue weighted by Crippen LogP contribution is -2.40. The van der Waals surface area contributed by atoms with E-state index in [1.807, 2.05) is 0 Å². The smallest absolute Gasteiger partial charge is 0.337 e. The first-order chi connectivity index (χ1) is 13.3. The third-order valence-corrected chi connectivity index (χ3v) is 4.34. The van der Waals surface area contributed by atoms with Gasteiger partial charge in [-0.1, -0.05) is 0 Å². The maximum atomic E-state index is 12.3. The summed E-state index contributed by atoms with van der Waals surface area (Å²) >= 11 is 0. The van der Waals surface area contributed by atoms with Gasteiger partial charge in [0.25, 0.3) is 0 Å². The molecule has 152 valence electrons. The van der Waals surface area contributed by atoms with Crippen molar-refractivity contribution in [3.05, 3.63) is 29.3 Å². The number of hydrogen-bond donors (Lipinski definition) is 1. The third-order valence-electron chi connectivity index (χ3n) is 4.34. The number of likely N-dealkylation sites (N-methyl/N-ethyl adjacent to an activating group) is 1. The van der Waals surface area contributed by atoms with Crippen LogP contribution < -0.4 is 5.32 Å². The summed E-state index contributed by atoms with van der Waals surface area (Å²) in [6.07, 6.45) is 2.02. The minimum absolute atomic E-state index is 0.00605. The molecule has 2 rings (SSSR count). The number of methoxy groups -OCH3 is 2. The number of amides is 2. The van der Waals surface area contributed by atoms with Crippen LogP contribution in [-0.4, -0.2) is 81.0 Å². The molecule has 0 radical (unpaired) electrons. The van der Waals surface area contributed by atoms with E-state index in [4.69, 9.17) is 0 Å². The molecular weight excluding hydrogens is 366 g/mol. The van der Waals surface area contributed by atoms with Gasteiger partial charge in [0.2, 0.25) is 11.8 Å². The van der Waals surface area contributed by atoms with Crippen LogP contribution in [0.15, 0.2) is 18.2 Å². The van der Waals surface area contributed by atoms with E-state index in [1.165, 1.54) is 32.4 Å². The van der Waals surface area contributed by atoms with Crippen molar-refractivity contribution in [1.29, 1.82) is 0 Å². The average Bonchev–Trinajstić information content (AvgIpc) is 3.21. The first-order valence-corrected chi connectivity index (χ1v) is 8.92. The average molecular weight is 391 g/mol. The van der Waals surface area contributed by atoms with E-state index in [1.54, 1.807) is 16.8 Å². The van der Waals surface area contributed by atoms with E-state index in [9.17, 15) is 19.2 Å². The van der Waals surface area contributed by atoms with E-state index in [-0.39, 0.29) is 41.7 Å². The molecule has 1 fully saturated rings. The van der Waals surface area contributed by atoms with Gasteiger partial charge in [-0.3, -0.25) is 14.5 Å². The van der Waals surface area contributed by atoms with Crippen LogP contribution in [0.5, 0.6) is 0 Å². The molecule has 1 aliphatic heterocycles. The Morgan fingerprint density at radius 1 is 0.964 bits per heavy atom. The highest BCUT2D eigenvalue weighted by Crippen LogP contribution is 2.17. The van der Waals surface area contributed by atoms with Crippen molar-refractivity contribution in [2.24, 2.45) is 0 Å². The van der Waals surface area contributed by atoms with E-state index in [0.717, 1.165) is 25.9 Å². The van der Waals surface area contributed by atoms with Gasteiger partial charge in [-0.05, 0) is 38.1 Å². The number of ether oxygens (including phenoxy) is 2. The number of nitrogens with zero attached hydrogens (tertiary/aromatic N) is 2. The second-order valence-electron chi connectivity index (χ2n) is 6.59. The summed E-state index contributed by atoms with van der Waals surface area (Å²) in [5.41, 5.74) is 0.476. The molecule has 2 amide bonds. The molecule has 0 atom stereocenters. The first-order valence-electron chi connectivity index (χ1n) is 8.92. The van der Waals surface area contributed by atoms with E-state index in [2.05, 4.69) is 14.8 Å². The molecule has 1 N–H and O–H groups in total. The topological polar surface area (TPSA) is 105 Å². The second kappa shape index (κ2) is 9.84. The van der Waals surface area contributed by atoms with Crippen molar-refractivity contribution in [3.8, 4) is 0 Å². The normalized spacial score (nSPS) is 13.4. The highest BCUT2D eigenvalue weighted by Gasteiger charge is 2.20. The molecule has 1 aliphatic rings. The number of carbonyl (C=O) groups is 4. The van der Waals surface area contributed by atoms with Gasteiger partial charge >= 0.3 is 11.9 Å². The minimum atomic E-state index is -0.644. The lowest BCUT2D eigenvalue weighted by atomic mass is 10.1. The lowest BCUT2D eigenvalue weighted by molar-refractivity contribution is -0.131. The van der Waals surface area contributed by atoms with Gasteiger partial charge < -0.3 is 19.7 Å². The third kappa shape index (κ3) is 5.78. The molecule has 1 heterocycles. The van der Waals surface area contributed by atoms with Crippen LogP contribution in [0, 0.1) is 0 Å². The number of anilines is 1. The molecule has 9 heteroatoms. The summed E-state index contributed by atoms with van der Waals surface area (Å²) in [6.45, 7) is 1.64. The van der Waals surface area contributed by atoms with Gasteiger partial charge in [0.15, 0.2) is 0 Å². The largest absolute Gasteiger partial charge is 0.465 e. The predicted octanol–water partition coefficient (Wildman–Crippen LogP) is 0.753. The van der Waals surface area contributed by atoms with Gasteiger partial charge in [-0.15, -0.1) is 0 Å². The number of esters is 2. The quantitative estimate of drug-likeness (QED) is 0.684. The van der Waals surface area contributed by atoms with Crippen molar-refractivity contribution in [1.82, 2.24) is 9.80 Å². The lowest BCUT2D eigenvalue weighted by Gasteiger charge is -2.20. The van der Waals surface area contributed by atoms with Crippen LogP contribution >= 0.6 is 0 Å². The van der Waals surface area contributed by atoms with Crippen molar-refractivity contribution in [3.63, 3.8) is 0 Å². The number of rotatable bonds is 7. The Morgan fingerprint density at radius 2 is 1.50 bits per heavy atom. The van der Waals surface area contributed by atoms with Crippen LogP contribution in [0.4, 0.5) is 5.69 Å². The summed E-state index contributed by atoms with van der Waals surface area (Å²) in [4.78, 5) is 51.5. The summed E-state index contributed by atoms with van der Waals surface area (Å²) in [5, 5.41) is 2.63. The summed E-state index contributed by atoms with van der Waals surface area (Å²) in [5.74, 6) is -1.67. The molecule has 0 aliphatic carbocycles. The molecule has 0 unspecified atom stereocenters. The van der Waals surface area contributed by atoms with Gasteiger partial charge in [-0.25, -0.2) is 9.59 Å². The summed E-state index contributed by atoms with van der Waals surface area (Å²) in [7, 11) is 4.12. The van der Waals surface area contributed by atoms with E-state index >= 15 is 0 Å². The molecule has 0 saturated carbocycles. The van der Waals surface area contributed by atoms with E-state index < -0.39 is 11.9 Å². The van der Waals surface area contributed by atoms with Crippen molar-refractivity contribution >= 4 is 29.4 Å². The molecule has 1 aromatic rings. The molecule has 0 bridgehead atoms. The zero-order valence-electron chi connectivity index (χ0n) is 16.3. The predicted molar refractivity (Wildman–Crippen MR) is 101 cm³/mol. The number of carbonyl (C=O) groups excluding carboxylic acids is 4. The van der Waals surface area contributed by atoms with Gasteiger partial charge in [0, 0.05) is 18.8 Å². The van der Waals surface area contributed by atoms with Gasteiger partial charge in [0.05, 0.1) is 38.4 Å². The highest BCUT2D eigenvalue weighted by atomic mass is 16.5. The Hall–Kier alpha value is -2.94. The fraction of sp³-hybridized carbons (Fsp3) is 0.474. The summed E-state index contributed by atoms with van der Waals surface area (Å²) in [6, 6.07) is 4.14. The molecule has 0 spiro atoms. The van der Waals surface area contributed by atoms with Gasteiger partial charge in [0.1, 0.15) is 0 Å². The van der Waals surface area contributed by atoms with Crippen molar-refractivity contribution < 1.29 is 28.7 Å². The fourth-order valence-electron chi connectivity index (χ4n) is 2.97. The molecule has 28 heavy (non-hydrogen) atoms. The highest BCUT2D eigenvalue weighted by molar-refractivity contribution is 5.99. The minimum Gasteiger partial charge on any atom is -0.465 e. The first kappa shape index (κ1) is 21.4. The Morgan fingerprint density at radius 3 is 2.00 bits per heavy atom. The van der Waals surface area contributed by atoms with Crippen molar-refractivity contribution in [2.75, 3.05) is 52.8 Å². The zero-order chi connectivity index (χ0) is 20.7. The Labute approximate surface area is 163 Å².